The Bertz CT molecular complexity index is 1040. The molecule has 1 amide bonds. The Labute approximate surface area is 175 Å². The van der Waals surface area contributed by atoms with Gasteiger partial charge in [-0.2, -0.15) is 0 Å². The molecule has 4 rings (SSSR count). The number of carbonyl (C=O) groups is 1. The average molecular weight is 409 g/mol. The first-order valence-electron chi connectivity index (χ1n) is 10.7. The van der Waals surface area contributed by atoms with Gasteiger partial charge in [-0.05, 0) is 43.5 Å². The summed E-state index contributed by atoms with van der Waals surface area (Å²) in [5, 5.41) is 14.3. The van der Waals surface area contributed by atoms with Gasteiger partial charge in [0, 0.05) is 23.4 Å². The van der Waals surface area contributed by atoms with Crippen LogP contribution in [-0.4, -0.2) is 30.5 Å². The quantitative estimate of drug-likeness (QED) is 0.627. The van der Waals surface area contributed by atoms with Crippen LogP contribution in [0, 0.1) is 0 Å². The minimum absolute atomic E-state index is 0.0994. The zero-order valence-electron chi connectivity index (χ0n) is 17.3. The summed E-state index contributed by atoms with van der Waals surface area (Å²) in [4.78, 5) is 24.8. The third-order valence-electron chi connectivity index (χ3n) is 5.70. The summed E-state index contributed by atoms with van der Waals surface area (Å²) in [6, 6.07) is 9.04. The summed E-state index contributed by atoms with van der Waals surface area (Å²) < 4.78 is 3.60. The summed E-state index contributed by atoms with van der Waals surface area (Å²) in [5.41, 5.74) is 2.05. The number of aromatic nitrogens is 5. The lowest BCUT2D eigenvalue weighted by Crippen LogP contribution is -2.26. The van der Waals surface area contributed by atoms with E-state index < -0.39 is 0 Å². The Morgan fingerprint density at radius 1 is 1.20 bits per heavy atom. The van der Waals surface area contributed by atoms with Crippen molar-refractivity contribution in [2.45, 2.75) is 64.5 Å². The van der Waals surface area contributed by atoms with Crippen molar-refractivity contribution in [2.24, 2.45) is 0 Å². The standard InChI is InChI=1S/C22H28N6O2/c1-2-6-17-13-21(29)28(26-17)19-11-9-16(10-12-19)22(30)23-14-20-25-24-15-27(20)18-7-4-3-5-8-18/h9-13,15,18,26H,2-8,14H2,1H3,(H,23,30). The first-order valence-corrected chi connectivity index (χ1v) is 10.7. The molecule has 0 spiro atoms. The SMILES string of the molecule is CCCc1cc(=O)n(-c2ccc(C(=O)NCc3nncn3C3CCCCC3)cc2)[nH]1. The van der Waals surface area contributed by atoms with Crippen molar-refractivity contribution in [2.75, 3.05) is 0 Å². The Morgan fingerprint density at radius 2 is 1.97 bits per heavy atom. The molecule has 1 aliphatic carbocycles. The topological polar surface area (TPSA) is 97.6 Å². The number of nitrogens with zero attached hydrogens (tertiary/aromatic N) is 4. The molecular formula is C22H28N6O2. The fourth-order valence-electron chi connectivity index (χ4n) is 4.11. The number of amides is 1. The van der Waals surface area contributed by atoms with E-state index in [4.69, 9.17) is 0 Å². The maximum absolute atomic E-state index is 12.6. The third-order valence-corrected chi connectivity index (χ3v) is 5.70. The van der Waals surface area contributed by atoms with Crippen LogP contribution < -0.4 is 10.9 Å². The lowest BCUT2D eigenvalue weighted by molar-refractivity contribution is 0.0949. The van der Waals surface area contributed by atoms with Crippen LogP contribution in [0.4, 0.5) is 0 Å². The Morgan fingerprint density at radius 3 is 2.70 bits per heavy atom. The Kier molecular flexibility index (Phi) is 6.11. The van der Waals surface area contributed by atoms with Crippen LogP contribution >= 0.6 is 0 Å². The molecule has 8 heteroatoms. The Hall–Kier alpha value is -3.16. The van der Waals surface area contributed by atoms with Crippen LogP contribution in [0.2, 0.25) is 0 Å². The second kappa shape index (κ2) is 9.11. The van der Waals surface area contributed by atoms with E-state index in [1.807, 2.05) is 0 Å². The van der Waals surface area contributed by atoms with Crippen molar-refractivity contribution in [1.82, 2.24) is 29.9 Å². The van der Waals surface area contributed by atoms with Gasteiger partial charge in [-0.25, -0.2) is 4.68 Å². The number of aromatic amines is 1. The maximum atomic E-state index is 12.6. The summed E-state index contributed by atoms with van der Waals surface area (Å²) in [6.07, 6.45) is 9.58. The molecule has 0 saturated heterocycles. The van der Waals surface area contributed by atoms with E-state index in [0.29, 0.717) is 23.8 Å². The van der Waals surface area contributed by atoms with Gasteiger partial charge in [-0.15, -0.1) is 10.2 Å². The molecule has 0 aliphatic heterocycles. The minimum atomic E-state index is -0.176. The number of nitrogens with one attached hydrogen (secondary N) is 2. The van der Waals surface area contributed by atoms with E-state index in [0.717, 1.165) is 37.2 Å². The highest BCUT2D eigenvalue weighted by Gasteiger charge is 2.19. The number of H-pyrrole nitrogens is 1. The second-order valence-electron chi connectivity index (χ2n) is 7.88. The molecule has 0 radical (unpaired) electrons. The molecule has 1 aromatic carbocycles. The molecule has 1 saturated carbocycles. The van der Waals surface area contributed by atoms with Crippen LogP contribution in [0.25, 0.3) is 5.69 Å². The minimum Gasteiger partial charge on any atom is -0.345 e. The molecule has 3 aromatic rings. The number of hydrogen-bond donors (Lipinski definition) is 2. The summed E-state index contributed by atoms with van der Waals surface area (Å²) in [6.45, 7) is 2.41. The normalized spacial score (nSPS) is 14.7. The second-order valence-corrected chi connectivity index (χ2v) is 7.88. The summed E-state index contributed by atoms with van der Waals surface area (Å²) in [7, 11) is 0. The molecule has 158 valence electrons. The summed E-state index contributed by atoms with van der Waals surface area (Å²) >= 11 is 0. The van der Waals surface area contributed by atoms with Crippen LogP contribution in [-0.2, 0) is 13.0 Å². The predicted molar refractivity (Wildman–Crippen MR) is 114 cm³/mol. The van der Waals surface area contributed by atoms with Crippen LogP contribution in [0.5, 0.6) is 0 Å². The third kappa shape index (κ3) is 4.37. The summed E-state index contributed by atoms with van der Waals surface area (Å²) in [5.74, 6) is 0.610. The van der Waals surface area contributed by atoms with Gasteiger partial charge in [-0.3, -0.25) is 14.7 Å². The van der Waals surface area contributed by atoms with E-state index >= 15 is 0 Å². The first kappa shape index (κ1) is 20.1. The van der Waals surface area contributed by atoms with Gasteiger partial charge >= 0.3 is 0 Å². The molecule has 1 aliphatic rings. The molecule has 2 N–H and O–H groups in total. The zero-order chi connectivity index (χ0) is 20.9. The van der Waals surface area contributed by atoms with Crippen LogP contribution in [0.15, 0.2) is 41.5 Å². The predicted octanol–water partition coefficient (Wildman–Crippen LogP) is 3.14. The fraction of sp³-hybridized carbons (Fsp3) is 0.455. The van der Waals surface area contributed by atoms with Crippen LogP contribution in [0.1, 0.15) is 73.4 Å². The smallest absolute Gasteiger partial charge is 0.271 e. The number of hydrogen-bond acceptors (Lipinski definition) is 4. The van der Waals surface area contributed by atoms with E-state index in [-0.39, 0.29) is 11.5 Å². The maximum Gasteiger partial charge on any atom is 0.271 e. The molecule has 2 aromatic heterocycles. The number of rotatable bonds is 7. The molecule has 8 nitrogen and oxygen atoms in total. The van der Waals surface area contributed by atoms with Gasteiger partial charge in [-0.1, -0.05) is 32.6 Å². The highest BCUT2D eigenvalue weighted by atomic mass is 16.1. The van der Waals surface area contributed by atoms with Gasteiger partial charge in [0.15, 0.2) is 5.82 Å². The molecule has 1 fully saturated rings. The van der Waals surface area contributed by atoms with Gasteiger partial charge in [0.2, 0.25) is 0 Å². The van der Waals surface area contributed by atoms with Crippen molar-refractivity contribution in [3.8, 4) is 5.69 Å². The van der Waals surface area contributed by atoms with E-state index in [2.05, 4.69) is 32.1 Å². The van der Waals surface area contributed by atoms with E-state index in [1.165, 1.54) is 23.9 Å². The van der Waals surface area contributed by atoms with Gasteiger partial charge in [0.25, 0.3) is 11.5 Å². The van der Waals surface area contributed by atoms with Gasteiger partial charge < -0.3 is 9.88 Å². The van der Waals surface area contributed by atoms with E-state index in [9.17, 15) is 9.59 Å². The number of benzene rings is 1. The van der Waals surface area contributed by atoms with Crippen molar-refractivity contribution in [3.05, 3.63) is 64.1 Å². The highest BCUT2D eigenvalue weighted by molar-refractivity contribution is 5.94. The van der Waals surface area contributed by atoms with Crippen molar-refractivity contribution >= 4 is 5.91 Å². The molecule has 0 bridgehead atoms. The lowest BCUT2D eigenvalue weighted by Gasteiger charge is -2.24. The highest BCUT2D eigenvalue weighted by Crippen LogP contribution is 2.28. The van der Waals surface area contributed by atoms with Crippen LogP contribution in [0.3, 0.4) is 0 Å². The number of aryl methyl sites for hydroxylation is 1. The lowest BCUT2D eigenvalue weighted by atomic mass is 9.95. The van der Waals surface area contributed by atoms with Gasteiger partial charge in [0.05, 0.1) is 12.2 Å². The van der Waals surface area contributed by atoms with E-state index in [1.54, 1.807) is 36.7 Å². The van der Waals surface area contributed by atoms with Crippen molar-refractivity contribution in [3.63, 3.8) is 0 Å². The largest absolute Gasteiger partial charge is 0.345 e. The fourth-order valence-corrected chi connectivity index (χ4v) is 4.11. The number of carbonyl (C=O) groups excluding carboxylic acids is 1. The molecular weight excluding hydrogens is 380 g/mol. The molecule has 0 unspecified atom stereocenters. The first-order chi connectivity index (χ1) is 14.7. The van der Waals surface area contributed by atoms with Crippen molar-refractivity contribution in [1.29, 1.82) is 0 Å². The average Bonchev–Trinajstić information content (AvgIpc) is 3.39. The Balaban J connectivity index is 1.40. The molecule has 2 heterocycles. The molecule has 0 atom stereocenters. The monoisotopic (exact) mass is 408 g/mol. The zero-order valence-corrected chi connectivity index (χ0v) is 17.3. The molecule has 30 heavy (non-hydrogen) atoms. The van der Waals surface area contributed by atoms with Gasteiger partial charge in [0.1, 0.15) is 6.33 Å². The van der Waals surface area contributed by atoms with Crippen molar-refractivity contribution < 1.29 is 4.79 Å².